The second kappa shape index (κ2) is 12.7. The van der Waals surface area contributed by atoms with Gasteiger partial charge >= 0.3 is 0 Å². The highest BCUT2D eigenvalue weighted by Gasteiger charge is 2.21. The number of hydrogen-bond donors (Lipinski definition) is 1. The normalized spacial score (nSPS) is 13.1. The Kier molecular flexibility index (Phi) is 8.50. The summed E-state index contributed by atoms with van der Waals surface area (Å²) in [5.74, 6) is 1.03. The first-order valence-corrected chi connectivity index (χ1v) is 15.4. The molecule has 230 valence electrons. The minimum atomic E-state index is -0.0124. The van der Waals surface area contributed by atoms with Gasteiger partial charge in [0.1, 0.15) is 17.0 Å². The molecule has 0 spiro atoms. The number of nitrogens with one attached hydrogen (secondary N) is 1. The molecule has 0 fully saturated rings. The largest absolute Gasteiger partial charge is 0.497 e. The molecule has 1 aliphatic heterocycles. The maximum atomic E-state index is 12.8. The van der Waals surface area contributed by atoms with E-state index < -0.39 is 0 Å². The monoisotopic (exact) mass is 601 g/mol. The number of fused-ring (bicyclic) bond motifs is 2. The third-order valence-corrected chi connectivity index (χ3v) is 8.76. The first-order chi connectivity index (χ1) is 21.7. The number of aromatic amines is 1. The summed E-state index contributed by atoms with van der Waals surface area (Å²) in [5, 5.41) is 0. The van der Waals surface area contributed by atoms with Gasteiger partial charge in [0.25, 0.3) is 5.91 Å². The van der Waals surface area contributed by atoms with Crippen LogP contribution in [0.4, 0.5) is 0 Å². The van der Waals surface area contributed by atoms with Crippen molar-refractivity contribution in [3.63, 3.8) is 0 Å². The van der Waals surface area contributed by atoms with Gasteiger partial charge in [-0.05, 0) is 84.0 Å². The van der Waals surface area contributed by atoms with Crippen LogP contribution in [-0.2, 0) is 24.2 Å². The van der Waals surface area contributed by atoms with Gasteiger partial charge in [0.15, 0.2) is 5.65 Å². The Balaban J connectivity index is 1.19. The van der Waals surface area contributed by atoms with Crippen molar-refractivity contribution in [2.24, 2.45) is 0 Å². The van der Waals surface area contributed by atoms with Crippen LogP contribution in [0.25, 0.3) is 33.5 Å². The Morgan fingerprint density at radius 2 is 1.78 bits per heavy atom. The molecule has 8 nitrogen and oxygen atoms in total. The molecule has 0 atom stereocenters. The summed E-state index contributed by atoms with van der Waals surface area (Å²) in [7, 11) is 5.17. The fraction of sp³-hybridized carbons (Fsp3) is 0.297. The topological polar surface area (TPSA) is 91.4 Å². The molecule has 0 aliphatic carbocycles. The number of hydrogen-bond acceptors (Lipinski definition) is 6. The van der Waals surface area contributed by atoms with Gasteiger partial charge in [-0.25, -0.2) is 9.97 Å². The average molecular weight is 602 g/mol. The summed E-state index contributed by atoms with van der Waals surface area (Å²) in [5.41, 5.74) is 11.9. The lowest BCUT2D eigenvalue weighted by Crippen LogP contribution is -2.33. The lowest BCUT2D eigenvalue weighted by molar-refractivity contribution is -0.118. The van der Waals surface area contributed by atoms with Gasteiger partial charge in [0, 0.05) is 69.5 Å². The van der Waals surface area contributed by atoms with E-state index in [0.717, 1.165) is 76.5 Å². The molecule has 0 radical (unpaired) electrons. The summed E-state index contributed by atoms with van der Waals surface area (Å²) in [6.07, 6.45) is 5.70. The molecule has 2 aromatic heterocycles. The van der Waals surface area contributed by atoms with E-state index in [1.165, 1.54) is 16.7 Å². The maximum absolute atomic E-state index is 12.8. The van der Waals surface area contributed by atoms with Gasteiger partial charge in [-0.2, -0.15) is 0 Å². The maximum Gasteiger partial charge on any atom is 0.253 e. The Morgan fingerprint density at radius 1 is 1.00 bits per heavy atom. The van der Waals surface area contributed by atoms with E-state index in [1.807, 2.05) is 61.8 Å². The molecule has 5 aromatic rings. The van der Waals surface area contributed by atoms with E-state index in [2.05, 4.69) is 28.9 Å². The van der Waals surface area contributed by atoms with E-state index >= 15 is 0 Å². The van der Waals surface area contributed by atoms with Crippen LogP contribution < -0.4 is 4.74 Å². The number of rotatable bonds is 9. The number of ether oxygens (including phenoxy) is 1. The molecule has 6 rings (SSSR count). The van der Waals surface area contributed by atoms with Crippen molar-refractivity contribution in [1.29, 1.82) is 0 Å². The van der Waals surface area contributed by atoms with Gasteiger partial charge in [0.2, 0.25) is 0 Å². The van der Waals surface area contributed by atoms with Crippen LogP contribution in [0, 0.1) is 13.8 Å². The number of carbonyl (C=O) groups excluding carboxylic acids is 2. The lowest BCUT2D eigenvalue weighted by atomic mass is 9.92. The molecule has 0 unspecified atom stereocenters. The summed E-state index contributed by atoms with van der Waals surface area (Å²) in [6.45, 7) is 6.63. The van der Waals surface area contributed by atoms with Crippen molar-refractivity contribution in [1.82, 2.24) is 24.8 Å². The van der Waals surface area contributed by atoms with E-state index in [1.54, 1.807) is 26.1 Å². The highest BCUT2D eigenvalue weighted by Crippen LogP contribution is 2.32. The Hall–Kier alpha value is -4.82. The van der Waals surface area contributed by atoms with Crippen LogP contribution in [0.2, 0.25) is 0 Å². The second-order valence-electron chi connectivity index (χ2n) is 12.2. The van der Waals surface area contributed by atoms with Crippen molar-refractivity contribution < 1.29 is 14.3 Å². The van der Waals surface area contributed by atoms with Crippen molar-refractivity contribution in [3.8, 4) is 28.1 Å². The summed E-state index contributed by atoms with van der Waals surface area (Å²) >= 11 is 0. The first kappa shape index (κ1) is 30.2. The van der Waals surface area contributed by atoms with Crippen LogP contribution in [0.5, 0.6) is 5.75 Å². The van der Waals surface area contributed by atoms with E-state index in [0.29, 0.717) is 18.4 Å². The molecule has 0 bridgehead atoms. The van der Waals surface area contributed by atoms with Crippen LogP contribution in [0.15, 0.2) is 67.0 Å². The minimum Gasteiger partial charge on any atom is -0.497 e. The molecular weight excluding hydrogens is 562 g/mol. The number of carbonyl (C=O) groups is 2. The summed E-state index contributed by atoms with van der Waals surface area (Å²) in [6, 6.07) is 18.1. The minimum absolute atomic E-state index is 0.0124. The molecule has 1 amide bonds. The van der Waals surface area contributed by atoms with Crippen LogP contribution in [-0.4, -0.2) is 70.7 Å². The smallest absolute Gasteiger partial charge is 0.253 e. The van der Waals surface area contributed by atoms with Crippen LogP contribution in [0.3, 0.4) is 0 Å². The SMILES string of the molecule is COc1ccc(CC(=O)CCN2CCc3c(C)cc(-c4cnc5[nH]cc(-c6ccc(C(=O)N(C)C)c(C)c6)c5n4)cc3C2)cc1. The second-order valence-corrected chi connectivity index (χ2v) is 12.2. The van der Waals surface area contributed by atoms with Crippen molar-refractivity contribution >= 4 is 22.9 Å². The van der Waals surface area contributed by atoms with Gasteiger partial charge in [-0.1, -0.05) is 24.3 Å². The molecule has 45 heavy (non-hydrogen) atoms. The number of benzene rings is 3. The Morgan fingerprint density at radius 3 is 2.51 bits per heavy atom. The van der Waals surface area contributed by atoms with E-state index in [9.17, 15) is 9.59 Å². The molecule has 1 aliphatic rings. The third kappa shape index (κ3) is 6.37. The standard InChI is InChI=1S/C37H39N5O3/c1-23-17-27(19-28-22-42(15-13-31(23)28)14-12-29(43)18-25-6-9-30(45-5)10-7-25)34-21-39-36-35(40-34)33(20-38-36)26-8-11-32(24(2)16-26)37(44)41(3)4/h6-11,16-17,19-21H,12-15,18,22H2,1-5H3,(H,38,39). The van der Waals surface area contributed by atoms with Crippen molar-refractivity contribution in [2.75, 3.05) is 34.3 Å². The van der Waals surface area contributed by atoms with E-state index in [4.69, 9.17) is 14.7 Å². The number of ketones is 1. The number of methoxy groups -OCH3 is 1. The fourth-order valence-corrected chi connectivity index (χ4v) is 6.22. The number of Topliss-reactive ketones (excluding diaryl/α,β-unsaturated/α-hetero) is 1. The van der Waals surface area contributed by atoms with Gasteiger partial charge in [-0.15, -0.1) is 0 Å². The van der Waals surface area contributed by atoms with E-state index in [-0.39, 0.29) is 11.7 Å². The zero-order chi connectivity index (χ0) is 31.7. The number of aryl methyl sites for hydroxylation is 2. The predicted octanol–water partition coefficient (Wildman–Crippen LogP) is 6.18. The molecular formula is C37H39N5O3. The average Bonchev–Trinajstić information content (AvgIpc) is 3.47. The highest BCUT2D eigenvalue weighted by molar-refractivity contribution is 5.97. The lowest BCUT2D eigenvalue weighted by Gasteiger charge is -2.30. The predicted molar refractivity (Wildman–Crippen MR) is 178 cm³/mol. The van der Waals surface area contributed by atoms with Gasteiger partial charge in [-0.3, -0.25) is 14.5 Å². The van der Waals surface area contributed by atoms with Crippen molar-refractivity contribution in [2.45, 2.75) is 39.7 Å². The molecule has 3 heterocycles. The summed E-state index contributed by atoms with van der Waals surface area (Å²) < 4.78 is 5.22. The number of H-pyrrole nitrogens is 1. The molecule has 0 saturated carbocycles. The van der Waals surface area contributed by atoms with Crippen molar-refractivity contribution in [3.05, 3.63) is 100 Å². The zero-order valence-corrected chi connectivity index (χ0v) is 26.6. The fourth-order valence-electron chi connectivity index (χ4n) is 6.22. The summed E-state index contributed by atoms with van der Waals surface area (Å²) in [4.78, 5) is 42.3. The number of aromatic nitrogens is 3. The molecule has 8 heteroatoms. The first-order valence-electron chi connectivity index (χ1n) is 15.4. The molecule has 1 N–H and O–H groups in total. The Labute approximate surface area is 264 Å². The zero-order valence-electron chi connectivity index (χ0n) is 26.6. The quantitative estimate of drug-likeness (QED) is 0.217. The van der Waals surface area contributed by atoms with Gasteiger partial charge < -0.3 is 14.6 Å². The molecule has 3 aromatic carbocycles. The highest BCUT2D eigenvalue weighted by atomic mass is 16.5. The number of amides is 1. The van der Waals surface area contributed by atoms with Crippen LogP contribution >= 0.6 is 0 Å². The third-order valence-electron chi connectivity index (χ3n) is 8.76. The Bertz CT molecular complexity index is 1890. The molecule has 0 saturated heterocycles. The van der Waals surface area contributed by atoms with Crippen LogP contribution in [0.1, 0.15) is 44.6 Å². The number of nitrogens with zero attached hydrogens (tertiary/aromatic N) is 4. The van der Waals surface area contributed by atoms with Gasteiger partial charge in [0.05, 0.1) is 19.0 Å².